The highest BCUT2D eigenvalue weighted by Crippen LogP contribution is 2.12. The van der Waals surface area contributed by atoms with Gasteiger partial charge in [-0.2, -0.15) is 0 Å². The second kappa shape index (κ2) is 17.6. The van der Waals surface area contributed by atoms with Crippen molar-refractivity contribution in [1.29, 1.82) is 0 Å². The van der Waals surface area contributed by atoms with Crippen LogP contribution in [0.4, 0.5) is 0 Å². The first kappa shape index (κ1) is 20.6. The van der Waals surface area contributed by atoms with Gasteiger partial charge in [0.2, 0.25) is 0 Å². The van der Waals surface area contributed by atoms with Crippen LogP contribution in [0.25, 0.3) is 0 Å². The van der Waals surface area contributed by atoms with E-state index in [-0.39, 0.29) is 0 Å². The maximum atomic E-state index is 10.1. The zero-order valence-corrected chi connectivity index (χ0v) is 14.3. The van der Waals surface area contributed by atoms with E-state index in [2.05, 4.69) is 24.7 Å². The molecule has 0 aromatic heterocycles. The highest BCUT2D eigenvalue weighted by atomic mass is 16.4. The largest absolute Gasteiger partial charge is 0.472 e. The lowest BCUT2D eigenvalue weighted by molar-refractivity contribution is -0.130. The first-order chi connectivity index (χ1) is 10.8. The molecule has 0 aromatic rings. The number of hydrogen-bond acceptors (Lipinski definition) is 1. The van der Waals surface area contributed by atoms with Gasteiger partial charge in [0, 0.05) is 12.3 Å². The molecule has 0 aliphatic heterocycles. The maximum absolute atomic E-state index is 10.1. The summed E-state index contributed by atoms with van der Waals surface area (Å²) in [5.74, 6) is 8.66. The summed E-state index contributed by atoms with van der Waals surface area (Å²) in [6.07, 6.45) is 18.3. The average molecular weight is 304 g/mol. The molecule has 0 aliphatic carbocycles. The molecule has 1 N–H and O–H groups in total. The molecule has 0 atom stereocenters. The molecule has 0 heterocycles. The van der Waals surface area contributed by atoms with Crippen molar-refractivity contribution in [2.45, 2.75) is 96.8 Å². The van der Waals surface area contributed by atoms with Crippen LogP contribution in [0, 0.1) is 23.7 Å². The fourth-order valence-electron chi connectivity index (χ4n) is 2.42. The number of hydrogen-bond donors (Lipinski definition) is 1. The molecule has 0 unspecified atom stereocenters. The van der Waals surface area contributed by atoms with Crippen molar-refractivity contribution in [2.75, 3.05) is 0 Å². The molecule has 0 aromatic carbocycles. The molecule has 0 amide bonds. The predicted molar refractivity (Wildman–Crippen MR) is 93.5 cm³/mol. The first-order valence-electron chi connectivity index (χ1n) is 8.99. The van der Waals surface area contributed by atoms with Crippen molar-refractivity contribution in [3.63, 3.8) is 0 Å². The van der Waals surface area contributed by atoms with Crippen molar-refractivity contribution < 1.29 is 9.90 Å². The smallest absolute Gasteiger partial charge is 0.382 e. The Labute approximate surface area is 137 Å². The lowest BCUT2D eigenvalue weighted by atomic mass is 10.0. The van der Waals surface area contributed by atoms with E-state index < -0.39 is 5.97 Å². The number of carboxylic acid groups (broad SMARTS) is 1. The van der Waals surface area contributed by atoms with Gasteiger partial charge >= 0.3 is 5.97 Å². The molecule has 0 saturated heterocycles. The second-order valence-electron chi connectivity index (χ2n) is 5.85. The Hall–Kier alpha value is -1.41. The van der Waals surface area contributed by atoms with Crippen LogP contribution in [0.15, 0.2) is 0 Å². The predicted octanol–water partition coefficient (Wildman–Crippen LogP) is 5.56. The summed E-state index contributed by atoms with van der Waals surface area (Å²) in [4.78, 5) is 10.1. The molecule has 124 valence electrons. The summed E-state index contributed by atoms with van der Waals surface area (Å²) in [5.41, 5.74) is 0. The molecular weight excluding hydrogens is 272 g/mol. The summed E-state index contributed by atoms with van der Waals surface area (Å²) in [7, 11) is 0. The van der Waals surface area contributed by atoms with Crippen LogP contribution < -0.4 is 0 Å². The van der Waals surface area contributed by atoms with E-state index >= 15 is 0 Å². The van der Waals surface area contributed by atoms with Crippen LogP contribution in [0.2, 0.25) is 0 Å². The number of unbranched alkanes of at least 4 members (excludes halogenated alkanes) is 13. The van der Waals surface area contributed by atoms with Gasteiger partial charge in [-0.25, -0.2) is 4.79 Å². The van der Waals surface area contributed by atoms with Gasteiger partial charge in [-0.15, -0.1) is 0 Å². The SMILES string of the molecule is CCCCCCCCCCCCCCCC#CC#CC(=O)O. The molecular formula is C20H32O2. The molecule has 2 heteroatoms. The monoisotopic (exact) mass is 304 g/mol. The Kier molecular flexibility index (Phi) is 16.5. The van der Waals surface area contributed by atoms with Crippen molar-refractivity contribution >= 4 is 5.97 Å². The molecule has 2 nitrogen and oxygen atoms in total. The van der Waals surface area contributed by atoms with Gasteiger partial charge in [-0.3, -0.25) is 0 Å². The van der Waals surface area contributed by atoms with E-state index in [1.807, 2.05) is 5.92 Å². The zero-order chi connectivity index (χ0) is 16.3. The molecule has 0 fully saturated rings. The molecule has 0 radical (unpaired) electrons. The van der Waals surface area contributed by atoms with E-state index in [0.717, 1.165) is 12.8 Å². The van der Waals surface area contributed by atoms with Gasteiger partial charge < -0.3 is 5.11 Å². The molecule has 0 saturated carbocycles. The topological polar surface area (TPSA) is 37.3 Å². The van der Waals surface area contributed by atoms with Crippen molar-refractivity contribution in [2.24, 2.45) is 0 Å². The Bertz CT molecular complexity index is 376. The minimum absolute atomic E-state index is 0.825. The van der Waals surface area contributed by atoms with Crippen molar-refractivity contribution in [3.05, 3.63) is 0 Å². The van der Waals surface area contributed by atoms with E-state index in [9.17, 15) is 4.79 Å². The van der Waals surface area contributed by atoms with E-state index in [1.165, 1.54) is 77.0 Å². The summed E-state index contributed by atoms with van der Waals surface area (Å²) >= 11 is 0. The van der Waals surface area contributed by atoms with Crippen LogP contribution in [0.5, 0.6) is 0 Å². The normalized spacial score (nSPS) is 9.50. The summed E-state index contributed by atoms with van der Waals surface area (Å²) in [6.45, 7) is 2.26. The molecule has 0 bridgehead atoms. The van der Waals surface area contributed by atoms with Crippen molar-refractivity contribution in [1.82, 2.24) is 0 Å². The standard InChI is InChI=1S/C20H32O2/c1-2-3-4-5-6-7-8-9-10-11-12-13-14-15-16-17-18-19-20(21)22/h2-15H2,1H3,(H,21,22). The fraction of sp³-hybridized carbons (Fsp3) is 0.750. The van der Waals surface area contributed by atoms with Crippen LogP contribution in [-0.2, 0) is 4.79 Å². The van der Waals surface area contributed by atoms with Gasteiger partial charge in [0.05, 0.1) is 0 Å². The van der Waals surface area contributed by atoms with Crippen LogP contribution in [0.1, 0.15) is 96.8 Å². The number of aliphatic carboxylic acids is 1. The summed E-state index contributed by atoms with van der Waals surface area (Å²) in [6, 6.07) is 0. The van der Waals surface area contributed by atoms with Gasteiger partial charge in [0.1, 0.15) is 0 Å². The van der Waals surface area contributed by atoms with E-state index in [1.54, 1.807) is 0 Å². The third kappa shape index (κ3) is 18.6. The minimum Gasteiger partial charge on any atom is -0.472 e. The van der Waals surface area contributed by atoms with Crippen LogP contribution in [0.3, 0.4) is 0 Å². The van der Waals surface area contributed by atoms with Gasteiger partial charge in [-0.1, -0.05) is 89.9 Å². The number of carboxylic acids is 1. The number of rotatable bonds is 13. The van der Waals surface area contributed by atoms with Gasteiger partial charge in [0.25, 0.3) is 0 Å². The Morgan fingerprint density at radius 3 is 1.64 bits per heavy atom. The number of carbonyl (C=O) groups is 1. The van der Waals surface area contributed by atoms with E-state index in [4.69, 9.17) is 5.11 Å². The maximum Gasteiger partial charge on any atom is 0.382 e. The van der Waals surface area contributed by atoms with Gasteiger partial charge in [-0.05, 0) is 18.3 Å². The molecule has 0 spiro atoms. The van der Waals surface area contributed by atoms with E-state index in [0.29, 0.717) is 0 Å². The van der Waals surface area contributed by atoms with Crippen LogP contribution >= 0.6 is 0 Å². The third-order valence-corrected chi connectivity index (χ3v) is 3.73. The zero-order valence-electron chi connectivity index (χ0n) is 14.3. The van der Waals surface area contributed by atoms with Gasteiger partial charge in [0.15, 0.2) is 0 Å². The average Bonchev–Trinajstić information content (AvgIpc) is 2.50. The lowest BCUT2D eigenvalue weighted by Crippen LogP contribution is -1.85. The molecule has 0 rings (SSSR count). The Morgan fingerprint density at radius 2 is 1.18 bits per heavy atom. The van der Waals surface area contributed by atoms with Crippen LogP contribution in [-0.4, -0.2) is 11.1 Å². The summed E-state index contributed by atoms with van der Waals surface area (Å²) < 4.78 is 0. The third-order valence-electron chi connectivity index (χ3n) is 3.73. The summed E-state index contributed by atoms with van der Waals surface area (Å²) in [5, 5.41) is 8.30. The van der Waals surface area contributed by atoms with Crippen molar-refractivity contribution in [3.8, 4) is 23.7 Å². The molecule has 22 heavy (non-hydrogen) atoms. The quantitative estimate of drug-likeness (QED) is 0.357. The minimum atomic E-state index is -1.12. The lowest BCUT2D eigenvalue weighted by Gasteiger charge is -2.02. The highest BCUT2D eigenvalue weighted by molar-refractivity contribution is 5.87. The Morgan fingerprint density at radius 1 is 0.727 bits per heavy atom. The highest BCUT2D eigenvalue weighted by Gasteiger charge is 1.93. The fourth-order valence-corrected chi connectivity index (χ4v) is 2.42. The second-order valence-corrected chi connectivity index (χ2v) is 5.85. The molecule has 0 aliphatic rings. The Balaban J connectivity index is 3.15. The first-order valence-corrected chi connectivity index (χ1v) is 8.99.